The highest BCUT2D eigenvalue weighted by molar-refractivity contribution is 5.80. The second-order valence-corrected chi connectivity index (χ2v) is 5.60. The van der Waals surface area contributed by atoms with Crippen molar-refractivity contribution in [2.75, 3.05) is 0 Å². The van der Waals surface area contributed by atoms with Crippen LogP contribution in [0.5, 0.6) is 0 Å². The number of aliphatic carboxylic acids is 1. The number of carbonyl (C=O) groups is 2. The van der Waals surface area contributed by atoms with Gasteiger partial charge in [0.1, 0.15) is 0 Å². The Labute approximate surface area is 119 Å². The summed E-state index contributed by atoms with van der Waals surface area (Å²) in [4.78, 5) is 22.9. The molecule has 0 radical (unpaired) electrons. The van der Waals surface area contributed by atoms with Crippen LogP contribution in [0.3, 0.4) is 0 Å². The number of hydrogen-bond donors (Lipinski definition) is 2. The maximum atomic E-state index is 12.1. The zero-order chi connectivity index (χ0) is 14.6. The fourth-order valence-corrected chi connectivity index (χ4v) is 2.66. The van der Waals surface area contributed by atoms with Gasteiger partial charge in [0, 0.05) is 0 Å². The Morgan fingerprint density at radius 2 is 1.80 bits per heavy atom. The van der Waals surface area contributed by atoms with Gasteiger partial charge in [0.25, 0.3) is 0 Å². The number of carbonyl (C=O) groups excluding carboxylic acids is 1. The number of nitrogens with one attached hydrogen (secondary N) is 1. The van der Waals surface area contributed by atoms with Crippen molar-refractivity contribution >= 4 is 11.9 Å². The third kappa shape index (κ3) is 3.59. The van der Waals surface area contributed by atoms with Crippen LogP contribution in [0.2, 0.25) is 0 Å². The highest BCUT2D eigenvalue weighted by Crippen LogP contribution is 2.34. The minimum atomic E-state index is -0.850. The lowest BCUT2D eigenvalue weighted by Gasteiger charge is -2.41. The molecule has 0 atom stereocenters. The lowest BCUT2D eigenvalue weighted by atomic mass is 9.74. The molecule has 4 nitrogen and oxygen atoms in total. The molecule has 2 N–H and O–H groups in total. The van der Waals surface area contributed by atoms with Crippen molar-refractivity contribution in [2.45, 2.75) is 51.0 Å². The molecule has 0 aromatic heterocycles. The Kier molecular flexibility index (Phi) is 4.42. The predicted octanol–water partition coefficient (Wildman–Crippen LogP) is 2.31. The third-order valence-electron chi connectivity index (χ3n) is 4.00. The maximum Gasteiger partial charge on any atom is 0.305 e. The number of aryl methyl sites for hydroxylation is 1. The summed E-state index contributed by atoms with van der Waals surface area (Å²) < 4.78 is 0. The van der Waals surface area contributed by atoms with E-state index in [9.17, 15) is 9.59 Å². The quantitative estimate of drug-likeness (QED) is 0.837. The summed E-state index contributed by atoms with van der Waals surface area (Å²) in [7, 11) is 0. The molecule has 2 rings (SSSR count). The number of benzene rings is 1. The standard InChI is InChI=1S/C16H21NO3/c1-2-12-4-6-13(7-5-12)10-14(18)17-16(8-3-9-16)11-15(19)20/h4-7H,2-3,8-11H2,1H3,(H,17,18)(H,19,20). The van der Waals surface area contributed by atoms with E-state index in [2.05, 4.69) is 12.2 Å². The van der Waals surface area contributed by atoms with Crippen LogP contribution in [-0.4, -0.2) is 22.5 Å². The Morgan fingerprint density at radius 1 is 1.20 bits per heavy atom. The summed E-state index contributed by atoms with van der Waals surface area (Å²) in [6, 6.07) is 7.98. The first kappa shape index (κ1) is 14.6. The van der Waals surface area contributed by atoms with Crippen LogP contribution in [0.4, 0.5) is 0 Å². The van der Waals surface area contributed by atoms with Crippen LogP contribution in [0.15, 0.2) is 24.3 Å². The highest BCUT2D eigenvalue weighted by atomic mass is 16.4. The summed E-state index contributed by atoms with van der Waals surface area (Å²) in [5.41, 5.74) is 1.70. The number of carboxylic acids is 1. The molecule has 20 heavy (non-hydrogen) atoms. The second kappa shape index (κ2) is 6.07. The van der Waals surface area contributed by atoms with Crippen molar-refractivity contribution in [3.05, 3.63) is 35.4 Å². The van der Waals surface area contributed by atoms with Gasteiger partial charge in [-0.25, -0.2) is 0 Å². The van der Waals surface area contributed by atoms with Gasteiger partial charge in [-0.05, 0) is 36.8 Å². The molecular weight excluding hydrogens is 254 g/mol. The summed E-state index contributed by atoms with van der Waals surface area (Å²) >= 11 is 0. The van der Waals surface area contributed by atoms with Crippen molar-refractivity contribution in [1.29, 1.82) is 0 Å². The first-order valence-electron chi connectivity index (χ1n) is 7.14. The maximum absolute atomic E-state index is 12.1. The van der Waals surface area contributed by atoms with Gasteiger partial charge >= 0.3 is 5.97 Å². The molecule has 1 saturated carbocycles. The third-order valence-corrected chi connectivity index (χ3v) is 4.00. The van der Waals surface area contributed by atoms with Crippen LogP contribution < -0.4 is 5.32 Å². The van der Waals surface area contributed by atoms with E-state index in [-0.39, 0.29) is 12.3 Å². The SMILES string of the molecule is CCc1ccc(CC(=O)NC2(CC(=O)O)CCC2)cc1. The Morgan fingerprint density at radius 3 is 2.25 bits per heavy atom. The summed E-state index contributed by atoms with van der Waals surface area (Å²) in [6.45, 7) is 2.09. The molecule has 1 aliphatic carbocycles. The van der Waals surface area contributed by atoms with Crippen LogP contribution in [0.25, 0.3) is 0 Å². The zero-order valence-corrected chi connectivity index (χ0v) is 11.8. The Hall–Kier alpha value is -1.84. The van der Waals surface area contributed by atoms with Crippen molar-refractivity contribution in [3.8, 4) is 0 Å². The first-order valence-corrected chi connectivity index (χ1v) is 7.14. The zero-order valence-electron chi connectivity index (χ0n) is 11.8. The minimum absolute atomic E-state index is 0.0213. The molecular formula is C16H21NO3. The minimum Gasteiger partial charge on any atom is -0.481 e. The monoisotopic (exact) mass is 275 g/mol. The van der Waals surface area contributed by atoms with Crippen molar-refractivity contribution < 1.29 is 14.7 Å². The summed E-state index contributed by atoms with van der Waals surface area (Å²) in [5.74, 6) is -0.938. The lowest BCUT2D eigenvalue weighted by molar-refractivity contribution is -0.140. The molecule has 1 aromatic rings. The highest BCUT2D eigenvalue weighted by Gasteiger charge is 2.40. The fourth-order valence-electron chi connectivity index (χ4n) is 2.66. The van der Waals surface area contributed by atoms with E-state index in [4.69, 9.17) is 5.11 Å². The molecule has 0 heterocycles. The van der Waals surface area contributed by atoms with Crippen LogP contribution in [-0.2, 0) is 22.4 Å². The van der Waals surface area contributed by atoms with E-state index < -0.39 is 11.5 Å². The molecule has 0 saturated heterocycles. The number of carboxylic acid groups (broad SMARTS) is 1. The number of rotatable bonds is 6. The molecule has 1 amide bonds. The van der Waals surface area contributed by atoms with Crippen LogP contribution in [0, 0.1) is 0 Å². The Balaban J connectivity index is 1.92. The topological polar surface area (TPSA) is 66.4 Å². The Bertz CT molecular complexity index is 489. The van der Waals surface area contributed by atoms with Gasteiger partial charge in [0.15, 0.2) is 0 Å². The van der Waals surface area contributed by atoms with E-state index in [1.807, 2.05) is 24.3 Å². The fraction of sp³-hybridized carbons (Fsp3) is 0.500. The van der Waals surface area contributed by atoms with E-state index in [0.717, 1.165) is 31.2 Å². The molecule has 0 aliphatic heterocycles. The van der Waals surface area contributed by atoms with E-state index >= 15 is 0 Å². The van der Waals surface area contributed by atoms with Gasteiger partial charge in [-0.2, -0.15) is 0 Å². The van der Waals surface area contributed by atoms with E-state index in [1.54, 1.807) is 0 Å². The van der Waals surface area contributed by atoms with Gasteiger partial charge in [0.05, 0.1) is 18.4 Å². The van der Waals surface area contributed by atoms with E-state index in [1.165, 1.54) is 5.56 Å². The molecule has 1 aliphatic rings. The van der Waals surface area contributed by atoms with Gasteiger partial charge < -0.3 is 10.4 Å². The van der Waals surface area contributed by atoms with Crippen LogP contribution >= 0.6 is 0 Å². The van der Waals surface area contributed by atoms with Crippen molar-refractivity contribution in [2.24, 2.45) is 0 Å². The second-order valence-electron chi connectivity index (χ2n) is 5.60. The molecule has 108 valence electrons. The van der Waals surface area contributed by atoms with Gasteiger partial charge in [-0.15, -0.1) is 0 Å². The molecule has 0 bridgehead atoms. The van der Waals surface area contributed by atoms with Crippen molar-refractivity contribution in [1.82, 2.24) is 5.32 Å². The van der Waals surface area contributed by atoms with Gasteiger partial charge in [-0.3, -0.25) is 9.59 Å². The molecule has 0 unspecified atom stereocenters. The predicted molar refractivity (Wildman–Crippen MR) is 76.5 cm³/mol. The van der Waals surface area contributed by atoms with Gasteiger partial charge in [0.2, 0.25) is 5.91 Å². The summed E-state index contributed by atoms with van der Waals surface area (Å²) in [5, 5.41) is 11.8. The number of amides is 1. The molecule has 1 aromatic carbocycles. The first-order chi connectivity index (χ1) is 9.53. The van der Waals surface area contributed by atoms with E-state index in [0.29, 0.717) is 6.42 Å². The average Bonchev–Trinajstić information content (AvgIpc) is 2.36. The summed E-state index contributed by atoms with van der Waals surface area (Å²) in [6.07, 6.45) is 3.82. The smallest absolute Gasteiger partial charge is 0.305 e. The number of hydrogen-bond acceptors (Lipinski definition) is 2. The molecule has 0 spiro atoms. The largest absolute Gasteiger partial charge is 0.481 e. The van der Waals surface area contributed by atoms with Gasteiger partial charge in [-0.1, -0.05) is 31.2 Å². The molecule has 4 heteroatoms. The average molecular weight is 275 g/mol. The molecule has 1 fully saturated rings. The normalized spacial score (nSPS) is 16.2. The van der Waals surface area contributed by atoms with Crippen molar-refractivity contribution in [3.63, 3.8) is 0 Å². The van der Waals surface area contributed by atoms with Crippen LogP contribution in [0.1, 0.15) is 43.7 Å². The lowest BCUT2D eigenvalue weighted by Crippen LogP contribution is -2.55.